The summed E-state index contributed by atoms with van der Waals surface area (Å²) in [5, 5.41) is 17.9. The van der Waals surface area contributed by atoms with E-state index in [1.54, 1.807) is 36.4 Å². The molecule has 0 amide bonds. The topological polar surface area (TPSA) is 83.5 Å². The van der Waals surface area contributed by atoms with Gasteiger partial charge >= 0.3 is 5.97 Å². The lowest BCUT2D eigenvalue weighted by Gasteiger charge is -2.32. The standard InChI is InChI=1S/C29H38O2.C6H7NO/c1-8-9-10-11-23-17-25-26(29(6,7)20(3)28(25,4)5)18-24(23)19(2)16-21-12-14-22(15-13-21)27(30)31;7-5-1-3-6(8)4-2-5/h12-18,20H,8-11H2,1-7H3,(H,30,31);1-4,8H,7H2. The van der Waals surface area contributed by atoms with Crippen LogP contribution in [-0.4, -0.2) is 16.2 Å². The number of fused-ring (bicyclic) bond motifs is 1. The van der Waals surface area contributed by atoms with Crippen LogP contribution in [0.15, 0.2) is 60.7 Å². The van der Waals surface area contributed by atoms with Crippen LogP contribution < -0.4 is 5.73 Å². The van der Waals surface area contributed by atoms with Crippen LogP contribution in [0.5, 0.6) is 5.75 Å². The minimum atomic E-state index is -0.886. The van der Waals surface area contributed by atoms with E-state index < -0.39 is 5.97 Å². The maximum Gasteiger partial charge on any atom is 0.335 e. The summed E-state index contributed by atoms with van der Waals surface area (Å²) < 4.78 is 0. The van der Waals surface area contributed by atoms with Crippen LogP contribution in [0, 0.1) is 5.92 Å². The van der Waals surface area contributed by atoms with Crippen molar-refractivity contribution in [1.82, 2.24) is 0 Å². The van der Waals surface area contributed by atoms with E-state index in [9.17, 15) is 4.79 Å². The van der Waals surface area contributed by atoms with Gasteiger partial charge in [0.05, 0.1) is 5.56 Å². The lowest BCUT2D eigenvalue weighted by atomic mass is 9.71. The summed E-state index contributed by atoms with van der Waals surface area (Å²) in [4.78, 5) is 11.2. The fraction of sp³-hybridized carbons (Fsp3) is 0.400. The zero-order chi connectivity index (χ0) is 29.0. The lowest BCUT2D eigenvalue weighted by molar-refractivity contribution is 0.0697. The summed E-state index contributed by atoms with van der Waals surface area (Å²) >= 11 is 0. The van der Waals surface area contributed by atoms with Crippen LogP contribution in [0.25, 0.3) is 11.6 Å². The van der Waals surface area contributed by atoms with Gasteiger partial charge in [-0.25, -0.2) is 4.79 Å². The summed E-state index contributed by atoms with van der Waals surface area (Å²) in [6.45, 7) is 16.4. The highest BCUT2D eigenvalue weighted by Gasteiger charge is 2.48. The average Bonchev–Trinajstić information content (AvgIpc) is 3.02. The predicted molar refractivity (Wildman–Crippen MR) is 164 cm³/mol. The molecule has 0 aromatic heterocycles. The third-order valence-electron chi connectivity index (χ3n) is 8.71. The average molecular weight is 528 g/mol. The van der Waals surface area contributed by atoms with E-state index in [1.165, 1.54) is 47.1 Å². The monoisotopic (exact) mass is 527 g/mol. The van der Waals surface area contributed by atoms with Crippen molar-refractivity contribution in [3.05, 3.63) is 94.0 Å². The van der Waals surface area contributed by atoms with Gasteiger partial charge in [0.2, 0.25) is 0 Å². The molecule has 3 aromatic rings. The lowest BCUT2D eigenvalue weighted by Crippen LogP contribution is -2.30. The van der Waals surface area contributed by atoms with E-state index in [0.29, 0.717) is 17.2 Å². The molecule has 1 aliphatic carbocycles. The van der Waals surface area contributed by atoms with E-state index in [0.717, 1.165) is 12.0 Å². The Morgan fingerprint density at radius 1 is 0.923 bits per heavy atom. The molecule has 39 heavy (non-hydrogen) atoms. The Kier molecular flexibility index (Phi) is 9.32. The number of hydrogen-bond acceptors (Lipinski definition) is 3. The van der Waals surface area contributed by atoms with Crippen LogP contribution in [0.3, 0.4) is 0 Å². The van der Waals surface area contributed by atoms with Crippen LogP contribution in [0.2, 0.25) is 0 Å². The first-order valence-electron chi connectivity index (χ1n) is 14.0. The molecule has 4 heteroatoms. The molecule has 0 heterocycles. The molecule has 4 nitrogen and oxygen atoms in total. The second kappa shape index (κ2) is 12.1. The molecule has 3 aromatic carbocycles. The number of anilines is 1. The molecule has 0 saturated carbocycles. The van der Waals surface area contributed by atoms with E-state index in [2.05, 4.69) is 66.7 Å². The second-order valence-electron chi connectivity index (χ2n) is 12.0. The fourth-order valence-corrected chi connectivity index (χ4v) is 5.74. The number of aromatic hydroxyl groups is 1. The quantitative estimate of drug-likeness (QED) is 0.124. The number of rotatable bonds is 7. The number of phenolic OH excluding ortho intramolecular Hbond substituents is 1. The first-order chi connectivity index (χ1) is 18.3. The SMILES string of the molecule is CCCCCc1cc2c(cc1C(C)=Cc1ccc(C(=O)O)cc1)C(C)(C)C(C)C2(C)C.Nc1ccc(O)cc1. The van der Waals surface area contributed by atoms with Crippen LogP contribution in [0.4, 0.5) is 5.69 Å². The molecule has 0 spiro atoms. The molecule has 4 rings (SSSR count). The maximum atomic E-state index is 11.2. The second-order valence-corrected chi connectivity index (χ2v) is 12.0. The van der Waals surface area contributed by atoms with Crippen LogP contribution >= 0.6 is 0 Å². The molecular formula is C35H45NO3. The first kappa shape index (κ1) is 30.0. The van der Waals surface area contributed by atoms with Gasteiger partial charge in [0.25, 0.3) is 0 Å². The van der Waals surface area contributed by atoms with Gasteiger partial charge in [-0.1, -0.05) is 84.7 Å². The summed E-state index contributed by atoms with van der Waals surface area (Å²) in [6.07, 6.45) is 6.97. The normalized spacial score (nSPS) is 17.2. The van der Waals surface area contributed by atoms with Crippen molar-refractivity contribution in [2.45, 2.75) is 85.0 Å². The Morgan fingerprint density at radius 3 is 2.00 bits per heavy atom. The van der Waals surface area contributed by atoms with Crippen molar-refractivity contribution in [1.29, 1.82) is 0 Å². The zero-order valence-corrected chi connectivity index (χ0v) is 24.6. The smallest absolute Gasteiger partial charge is 0.335 e. The highest BCUT2D eigenvalue weighted by Crippen LogP contribution is 2.54. The molecule has 1 atom stereocenters. The van der Waals surface area contributed by atoms with Gasteiger partial charge in [-0.05, 0) is 106 Å². The third kappa shape index (κ3) is 6.73. The van der Waals surface area contributed by atoms with Gasteiger partial charge in [-0.3, -0.25) is 0 Å². The van der Waals surface area contributed by atoms with Crippen molar-refractivity contribution in [3.63, 3.8) is 0 Å². The molecule has 1 aliphatic rings. The largest absolute Gasteiger partial charge is 0.508 e. The zero-order valence-electron chi connectivity index (χ0n) is 24.6. The van der Waals surface area contributed by atoms with E-state index in [-0.39, 0.29) is 16.6 Å². The minimum absolute atomic E-state index is 0.138. The number of nitrogen functional groups attached to an aromatic ring is 1. The maximum absolute atomic E-state index is 11.2. The van der Waals surface area contributed by atoms with Gasteiger partial charge in [0, 0.05) is 5.69 Å². The molecule has 0 bridgehead atoms. The van der Waals surface area contributed by atoms with Crippen molar-refractivity contribution in [3.8, 4) is 5.75 Å². The number of aryl methyl sites for hydroxylation is 1. The van der Waals surface area contributed by atoms with Crippen LogP contribution in [-0.2, 0) is 17.3 Å². The Hall–Kier alpha value is -3.53. The number of benzene rings is 3. The summed E-state index contributed by atoms with van der Waals surface area (Å²) in [5.74, 6) is -0.0659. The third-order valence-corrected chi connectivity index (χ3v) is 8.71. The van der Waals surface area contributed by atoms with E-state index in [1.807, 2.05) is 12.1 Å². The highest BCUT2D eigenvalue weighted by atomic mass is 16.4. The number of carboxylic acids is 1. The number of hydrogen-bond donors (Lipinski definition) is 3. The van der Waals surface area contributed by atoms with Crippen molar-refractivity contribution < 1.29 is 15.0 Å². The van der Waals surface area contributed by atoms with Crippen LogP contribution in [0.1, 0.15) is 106 Å². The number of nitrogens with two attached hydrogens (primary N) is 1. The molecule has 0 radical (unpaired) electrons. The highest BCUT2D eigenvalue weighted by molar-refractivity contribution is 5.88. The number of allylic oxidation sites excluding steroid dienone is 1. The Labute approximate surface area is 234 Å². The van der Waals surface area contributed by atoms with Crippen molar-refractivity contribution >= 4 is 23.3 Å². The Morgan fingerprint density at radius 2 is 1.49 bits per heavy atom. The van der Waals surface area contributed by atoms with Gasteiger partial charge in [0.1, 0.15) is 5.75 Å². The van der Waals surface area contributed by atoms with E-state index >= 15 is 0 Å². The number of aromatic carboxylic acids is 1. The van der Waals surface area contributed by atoms with Gasteiger partial charge in [-0.2, -0.15) is 0 Å². The first-order valence-corrected chi connectivity index (χ1v) is 14.0. The molecule has 1 unspecified atom stereocenters. The van der Waals surface area contributed by atoms with Gasteiger partial charge < -0.3 is 15.9 Å². The van der Waals surface area contributed by atoms with Gasteiger partial charge in [-0.15, -0.1) is 0 Å². The Bertz CT molecular complexity index is 1290. The number of carbonyl (C=O) groups is 1. The summed E-state index contributed by atoms with van der Waals surface area (Å²) in [5.41, 5.74) is 14.7. The van der Waals surface area contributed by atoms with Gasteiger partial charge in [0.15, 0.2) is 0 Å². The number of unbranched alkanes of at least 4 members (excludes halogenated alkanes) is 2. The molecule has 0 fully saturated rings. The minimum Gasteiger partial charge on any atom is -0.508 e. The number of phenols is 1. The predicted octanol–water partition coefficient (Wildman–Crippen LogP) is 8.86. The molecule has 4 N–H and O–H groups in total. The number of carboxylic acid groups (broad SMARTS) is 1. The Balaban J connectivity index is 0.000000449. The molecule has 208 valence electrons. The summed E-state index contributed by atoms with van der Waals surface area (Å²) in [7, 11) is 0. The fourth-order valence-electron chi connectivity index (χ4n) is 5.74. The molecular weight excluding hydrogens is 482 g/mol. The van der Waals surface area contributed by atoms with Crippen molar-refractivity contribution in [2.75, 3.05) is 5.73 Å². The molecule has 0 aliphatic heterocycles. The molecule has 0 saturated heterocycles. The van der Waals surface area contributed by atoms with E-state index in [4.69, 9.17) is 15.9 Å². The summed E-state index contributed by atoms with van der Waals surface area (Å²) in [6, 6.07) is 18.5. The van der Waals surface area contributed by atoms with Crippen molar-refractivity contribution in [2.24, 2.45) is 5.92 Å².